The Morgan fingerprint density at radius 3 is 2.42 bits per heavy atom. The third-order valence-electron chi connectivity index (χ3n) is 6.02. The summed E-state index contributed by atoms with van der Waals surface area (Å²) in [5, 5.41) is 12.6. The number of pyridine rings is 2. The van der Waals surface area contributed by atoms with Gasteiger partial charge in [0.1, 0.15) is 5.69 Å². The number of amides is 2. The minimum atomic E-state index is -4.55. The highest BCUT2D eigenvalue weighted by Gasteiger charge is 2.32. The van der Waals surface area contributed by atoms with Gasteiger partial charge >= 0.3 is 6.18 Å². The normalized spacial score (nSPS) is 16.6. The molecule has 3 heterocycles. The number of aromatic nitrogens is 2. The van der Waals surface area contributed by atoms with Gasteiger partial charge < -0.3 is 15.3 Å². The molecule has 3 aromatic rings. The molecule has 0 aliphatic carbocycles. The molecule has 1 aromatic carbocycles. The molecule has 2 atom stereocenters. The maximum absolute atomic E-state index is 13.1. The molecule has 1 aliphatic rings. The first-order chi connectivity index (χ1) is 17.0. The third-order valence-corrected chi connectivity index (χ3v) is 6.02. The predicted molar refractivity (Wildman–Crippen MR) is 126 cm³/mol. The van der Waals surface area contributed by atoms with Crippen LogP contribution in [-0.2, 0) is 6.18 Å². The first-order valence-corrected chi connectivity index (χ1v) is 11.4. The second-order valence-corrected chi connectivity index (χ2v) is 8.88. The van der Waals surface area contributed by atoms with Gasteiger partial charge in [-0.1, -0.05) is 12.1 Å². The number of aliphatic hydroxyl groups is 1. The zero-order valence-electron chi connectivity index (χ0n) is 19.7. The van der Waals surface area contributed by atoms with Crippen molar-refractivity contribution in [2.75, 3.05) is 13.1 Å². The van der Waals surface area contributed by atoms with Crippen molar-refractivity contribution < 1.29 is 27.9 Å². The SMILES string of the molecule is Cc1ccc(-c2cc(C(=O)NC(C)c3ccc(C(F)(F)F)nc3)cc(C(=O)N3CCC(O)C3)c2)nc1. The van der Waals surface area contributed by atoms with E-state index >= 15 is 0 Å². The van der Waals surface area contributed by atoms with Gasteiger partial charge in [-0.05, 0) is 61.7 Å². The van der Waals surface area contributed by atoms with Gasteiger partial charge in [0.25, 0.3) is 11.8 Å². The lowest BCUT2D eigenvalue weighted by atomic mass is 10.0. The monoisotopic (exact) mass is 498 g/mol. The Kier molecular flexibility index (Phi) is 7.07. The van der Waals surface area contributed by atoms with Crippen LogP contribution in [0, 0.1) is 6.92 Å². The van der Waals surface area contributed by atoms with Crippen LogP contribution in [0.15, 0.2) is 54.9 Å². The molecule has 0 radical (unpaired) electrons. The summed E-state index contributed by atoms with van der Waals surface area (Å²) in [6.45, 7) is 4.15. The lowest BCUT2D eigenvalue weighted by Crippen LogP contribution is -2.30. The standard InChI is InChI=1S/C26H25F3N4O3/c1-15-3-5-22(30-12-15)18-9-19(11-20(10-18)25(36)33-8-7-21(34)14-33)24(35)32-16(2)17-4-6-23(31-13-17)26(27,28)29/h3-6,9-13,16,21,34H,7-8,14H2,1-2H3,(H,32,35). The number of nitrogens with one attached hydrogen (secondary N) is 1. The number of β-amino-alcohol motifs (C(OH)–C–C–N with tert-alkyl or cyclic N) is 1. The van der Waals surface area contributed by atoms with Crippen molar-refractivity contribution in [3.05, 3.63) is 82.8 Å². The number of benzene rings is 1. The minimum Gasteiger partial charge on any atom is -0.391 e. The van der Waals surface area contributed by atoms with Crippen molar-refractivity contribution in [3.63, 3.8) is 0 Å². The molecule has 2 amide bonds. The Morgan fingerprint density at radius 1 is 1.08 bits per heavy atom. The lowest BCUT2D eigenvalue weighted by Gasteiger charge is -2.18. The van der Waals surface area contributed by atoms with E-state index in [0.717, 1.165) is 17.8 Å². The van der Waals surface area contributed by atoms with Crippen LogP contribution in [0.4, 0.5) is 13.2 Å². The van der Waals surface area contributed by atoms with E-state index in [9.17, 15) is 27.9 Å². The summed E-state index contributed by atoms with van der Waals surface area (Å²) < 4.78 is 38.4. The van der Waals surface area contributed by atoms with Gasteiger partial charge in [0.05, 0.1) is 17.8 Å². The van der Waals surface area contributed by atoms with Gasteiger partial charge in [0.2, 0.25) is 0 Å². The fraction of sp³-hybridized carbons (Fsp3) is 0.308. The minimum absolute atomic E-state index is 0.199. The smallest absolute Gasteiger partial charge is 0.391 e. The van der Waals surface area contributed by atoms with Gasteiger partial charge in [-0.2, -0.15) is 13.2 Å². The Hall–Kier alpha value is -3.79. The molecule has 1 fully saturated rings. The summed E-state index contributed by atoms with van der Waals surface area (Å²) in [7, 11) is 0. The number of alkyl halides is 3. The second-order valence-electron chi connectivity index (χ2n) is 8.88. The molecule has 2 unspecified atom stereocenters. The molecule has 2 N–H and O–H groups in total. The van der Waals surface area contributed by atoms with Crippen LogP contribution in [-0.4, -0.2) is 51.0 Å². The second kappa shape index (κ2) is 10.1. The molecular formula is C26H25F3N4O3. The van der Waals surface area contributed by atoms with Crippen molar-refractivity contribution in [3.8, 4) is 11.3 Å². The lowest BCUT2D eigenvalue weighted by molar-refractivity contribution is -0.141. The van der Waals surface area contributed by atoms with E-state index in [1.807, 2.05) is 13.0 Å². The highest BCUT2D eigenvalue weighted by Crippen LogP contribution is 2.28. The van der Waals surface area contributed by atoms with Crippen molar-refractivity contribution in [2.24, 2.45) is 0 Å². The quantitative estimate of drug-likeness (QED) is 0.551. The highest BCUT2D eigenvalue weighted by molar-refractivity contribution is 6.01. The number of aryl methyl sites for hydroxylation is 1. The van der Waals surface area contributed by atoms with Gasteiger partial charge in [0, 0.05) is 42.2 Å². The van der Waals surface area contributed by atoms with Crippen LogP contribution in [0.3, 0.4) is 0 Å². The fourth-order valence-electron chi connectivity index (χ4n) is 3.97. The Labute approximate surface area is 206 Å². The first-order valence-electron chi connectivity index (χ1n) is 11.4. The molecule has 2 aromatic heterocycles. The van der Waals surface area contributed by atoms with Crippen molar-refractivity contribution in [1.29, 1.82) is 0 Å². The topological polar surface area (TPSA) is 95.4 Å². The summed E-state index contributed by atoms with van der Waals surface area (Å²) in [5.41, 5.74) is 1.95. The number of carbonyl (C=O) groups is 2. The van der Waals surface area contributed by atoms with Gasteiger partial charge in [-0.15, -0.1) is 0 Å². The number of hydrogen-bond acceptors (Lipinski definition) is 5. The summed E-state index contributed by atoms with van der Waals surface area (Å²) in [6, 6.07) is 9.89. The van der Waals surface area contributed by atoms with E-state index in [1.54, 1.807) is 31.3 Å². The number of hydrogen-bond donors (Lipinski definition) is 2. The van der Waals surface area contributed by atoms with Crippen LogP contribution in [0.25, 0.3) is 11.3 Å². The van der Waals surface area contributed by atoms with Crippen molar-refractivity contribution in [2.45, 2.75) is 38.6 Å². The van der Waals surface area contributed by atoms with Crippen LogP contribution in [0.5, 0.6) is 0 Å². The molecule has 36 heavy (non-hydrogen) atoms. The maximum atomic E-state index is 13.1. The van der Waals surface area contributed by atoms with Crippen LogP contribution in [0.2, 0.25) is 0 Å². The number of aliphatic hydroxyl groups excluding tert-OH is 1. The zero-order chi connectivity index (χ0) is 26.0. The third kappa shape index (κ3) is 5.71. The average molecular weight is 499 g/mol. The van der Waals surface area contributed by atoms with E-state index in [1.165, 1.54) is 17.0 Å². The van der Waals surface area contributed by atoms with E-state index in [2.05, 4.69) is 15.3 Å². The summed E-state index contributed by atoms with van der Waals surface area (Å²) in [4.78, 5) is 35.6. The van der Waals surface area contributed by atoms with Crippen LogP contribution >= 0.6 is 0 Å². The molecular weight excluding hydrogens is 473 g/mol. The Balaban J connectivity index is 1.62. The highest BCUT2D eigenvalue weighted by atomic mass is 19.4. The fourth-order valence-corrected chi connectivity index (χ4v) is 3.97. The molecule has 7 nitrogen and oxygen atoms in total. The molecule has 0 bridgehead atoms. The molecule has 0 saturated carbocycles. The molecule has 0 spiro atoms. The Morgan fingerprint density at radius 2 is 1.83 bits per heavy atom. The van der Waals surface area contributed by atoms with E-state index in [4.69, 9.17) is 0 Å². The number of rotatable bonds is 5. The first kappa shape index (κ1) is 25.3. The zero-order valence-corrected chi connectivity index (χ0v) is 19.7. The molecule has 4 rings (SSSR count). The summed E-state index contributed by atoms with van der Waals surface area (Å²) >= 11 is 0. The molecule has 1 aliphatic heterocycles. The van der Waals surface area contributed by atoms with E-state index in [0.29, 0.717) is 29.8 Å². The maximum Gasteiger partial charge on any atom is 0.433 e. The number of halogens is 3. The summed E-state index contributed by atoms with van der Waals surface area (Å²) in [5.74, 6) is -0.818. The molecule has 188 valence electrons. The number of carbonyl (C=O) groups excluding carboxylic acids is 2. The average Bonchev–Trinajstić information content (AvgIpc) is 3.29. The van der Waals surface area contributed by atoms with Gasteiger partial charge in [0.15, 0.2) is 0 Å². The van der Waals surface area contributed by atoms with Crippen LogP contribution in [0.1, 0.15) is 56.9 Å². The number of likely N-dealkylation sites (tertiary alicyclic amines) is 1. The molecule has 1 saturated heterocycles. The van der Waals surface area contributed by atoms with E-state index in [-0.39, 0.29) is 23.6 Å². The van der Waals surface area contributed by atoms with Gasteiger partial charge in [-0.25, -0.2) is 0 Å². The van der Waals surface area contributed by atoms with Crippen molar-refractivity contribution in [1.82, 2.24) is 20.2 Å². The summed E-state index contributed by atoms with van der Waals surface area (Å²) in [6.07, 6.45) is -1.90. The number of nitrogens with zero attached hydrogens (tertiary/aromatic N) is 3. The van der Waals surface area contributed by atoms with Gasteiger partial charge in [-0.3, -0.25) is 19.6 Å². The van der Waals surface area contributed by atoms with Crippen LogP contribution < -0.4 is 5.32 Å². The Bertz CT molecular complexity index is 1260. The largest absolute Gasteiger partial charge is 0.433 e. The molecule has 10 heteroatoms. The van der Waals surface area contributed by atoms with Crippen molar-refractivity contribution >= 4 is 11.8 Å². The van der Waals surface area contributed by atoms with E-state index < -0.39 is 29.9 Å². The predicted octanol–water partition coefficient (Wildman–Crippen LogP) is 4.17.